The summed E-state index contributed by atoms with van der Waals surface area (Å²) < 4.78 is 14.0. The molecule has 1 aromatic heterocycles. The van der Waals surface area contributed by atoms with Crippen molar-refractivity contribution in [3.63, 3.8) is 0 Å². The highest BCUT2D eigenvalue weighted by atomic mass is 79.9. The number of nitrogens with zero attached hydrogens (tertiary/aromatic N) is 3. The van der Waals surface area contributed by atoms with Gasteiger partial charge in [-0.1, -0.05) is 107 Å². The number of carbonyl (C=O) groups excluding carboxylic acids is 2. The van der Waals surface area contributed by atoms with Crippen molar-refractivity contribution in [3.05, 3.63) is 81.2 Å². The number of benzene rings is 2. The van der Waals surface area contributed by atoms with Crippen molar-refractivity contribution in [3.8, 4) is 11.3 Å². The van der Waals surface area contributed by atoms with Gasteiger partial charge in [0.2, 0.25) is 0 Å². The molecule has 2 saturated heterocycles. The van der Waals surface area contributed by atoms with Gasteiger partial charge in [0.15, 0.2) is 12.0 Å². The van der Waals surface area contributed by atoms with Crippen LogP contribution in [-0.2, 0) is 32.2 Å². The molecule has 10 heteroatoms. The lowest BCUT2D eigenvalue weighted by Gasteiger charge is -2.40. The van der Waals surface area contributed by atoms with E-state index in [4.69, 9.17) is 14.5 Å². The van der Waals surface area contributed by atoms with Crippen molar-refractivity contribution in [2.75, 3.05) is 24.5 Å². The maximum absolute atomic E-state index is 14.5. The maximum Gasteiger partial charge on any atom is 0.326 e. The summed E-state index contributed by atoms with van der Waals surface area (Å²) in [4.78, 5) is 48.3. The van der Waals surface area contributed by atoms with Crippen molar-refractivity contribution in [2.24, 2.45) is 11.3 Å². The maximum atomic E-state index is 14.5. The van der Waals surface area contributed by atoms with Crippen LogP contribution in [0.5, 0.6) is 0 Å². The summed E-state index contributed by atoms with van der Waals surface area (Å²) in [6.07, 6.45) is 9.00. The molecule has 258 valence electrons. The Balaban J connectivity index is 1.46. The van der Waals surface area contributed by atoms with Crippen LogP contribution in [0.4, 0.5) is 5.82 Å². The molecule has 2 aliphatic heterocycles. The van der Waals surface area contributed by atoms with E-state index in [1.165, 1.54) is 23.8 Å². The lowest BCUT2D eigenvalue weighted by atomic mass is 9.76. The Kier molecular flexibility index (Phi) is 12.9. The van der Waals surface area contributed by atoms with Crippen LogP contribution in [0.1, 0.15) is 83.6 Å². The Morgan fingerprint density at radius 1 is 0.979 bits per heavy atom. The molecule has 2 aliphatic rings. The molecule has 2 fully saturated rings. The fourth-order valence-corrected chi connectivity index (χ4v) is 7.69. The zero-order valence-corrected chi connectivity index (χ0v) is 29.9. The normalized spacial score (nSPS) is 17.7. The van der Waals surface area contributed by atoms with E-state index in [1.54, 1.807) is 0 Å². The predicted octanol–water partition coefficient (Wildman–Crippen LogP) is 7.25. The summed E-state index contributed by atoms with van der Waals surface area (Å²) in [5.74, 6) is -0.763. The molecule has 0 aliphatic carbocycles. The first-order valence-electron chi connectivity index (χ1n) is 17.6. The lowest BCUT2D eigenvalue weighted by molar-refractivity contribution is -0.161. The monoisotopic (exact) mass is 720 g/mol. The Morgan fingerprint density at radius 3 is 2.35 bits per heavy atom. The third-order valence-corrected chi connectivity index (χ3v) is 10.5. The molecule has 0 bridgehead atoms. The number of hydrogen-bond acceptors (Lipinski definition) is 8. The molecule has 0 radical (unpaired) electrons. The molecule has 0 amide bonds. The summed E-state index contributed by atoms with van der Waals surface area (Å²) >= 11 is 3.65. The molecule has 2 unspecified atom stereocenters. The predicted molar refractivity (Wildman–Crippen MR) is 191 cm³/mol. The summed E-state index contributed by atoms with van der Waals surface area (Å²) in [5.41, 5.74) is 1.36. The topological polar surface area (TPSA) is 103 Å². The average molecular weight is 722 g/mol. The standard InChI is InChI=1S/C38H49BrN4O5/c1-3-5-6-7-12-17-29(4-2)36(46)48-37-38(20-23-40-24-21-38)22-25-42(37)34-35(45)43(26-31(44)47-27-28-15-10-8-11-16-28)32(33(39)41-34)30-18-13-9-14-19-30/h8-11,13-16,18-19,29,37,40H,3-7,12,17,20-27H2,1-2H3. The molecule has 2 aromatic carbocycles. The molecule has 9 nitrogen and oxygen atoms in total. The van der Waals surface area contributed by atoms with Crippen LogP contribution in [-0.4, -0.2) is 47.4 Å². The minimum atomic E-state index is -0.630. The number of rotatable bonds is 15. The van der Waals surface area contributed by atoms with E-state index < -0.39 is 17.8 Å². The second-order valence-corrected chi connectivity index (χ2v) is 13.9. The number of aromatic nitrogens is 2. The molecular weight excluding hydrogens is 672 g/mol. The van der Waals surface area contributed by atoms with Gasteiger partial charge in [0.25, 0.3) is 5.56 Å². The fourth-order valence-electron chi connectivity index (χ4n) is 7.08. The fraction of sp³-hybridized carbons (Fsp3) is 0.526. The van der Waals surface area contributed by atoms with Crippen LogP contribution >= 0.6 is 15.9 Å². The van der Waals surface area contributed by atoms with Gasteiger partial charge in [0.05, 0.1) is 11.6 Å². The van der Waals surface area contributed by atoms with E-state index in [2.05, 4.69) is 28.2 Å². The van der Waals surface area contributed by atoms with E-state index in [0.29, 0.717) is 23.3 Å². The largest absolute Gasteiger partial charge is 0.459 e. The van der Waals surface area contributed by atoms with Crippen molar-refractivity contribution in [1.29, 1.82) is 0 Å². The average Bonchev–Trinajstić information content (AvgIpc) is 3.43. The van der Waals surface area contributed by atoms with Gasteiger partial charge in [-0.15, -0.1) is 0 Å². The van der Waals surface area contributed by atoms with Crippen molar-refractivity contribution >= 4 is 33.7 Å². The van der Waals surface area contributed by atoms with Crippen LogP contribution in [0, 0.1) is 11.3 Å². The summed E-state index contributed by atoms with van der Waals surface area (Å²) in [6, 6.07) is 18.9. The highest BCUT2D eigenvalue weighted by Gasteiger charge is 2.52. The second kappa shape index (κ2) is 17.2. The van der Waals surface area contributed by atoms with Crippen LogP contribution in [0.25, 0.3) is 11.3 Å². The molecule has 48 heavy (non-hydrogen) atoms. The third kappa shape index (κ3) is 8.55. The molecule has 0 saturated carbocycles. The quantitative estimate of drug-likeness (QED) is 0.129. The zero-order chi connectivity index (χ0) is 33.9. The Bertz CT molecular complexity index is 1560. The van der Waals surface area contributed by atoms with E-state index >= 15 is 0 Å². The van der Waals surface area contributed by atoms with Gasteiger partial charge < -0.3 is 19.7 Å². The first-order chi connectivity index (χ1) is 23.4. The Morgan fingerprint density at radius 2 is 1.67 bits per heavy atom. The SMILES string of the molecule is CCCCCCCC(CC)C(=O)OC1N(c2nc(Br)c(-c3ccccc3)n(CC(=O)OCc3ccccc3)c2=O)CCC12CCNCC2. The number of anilines is 1. The number of unbranched alkanes of at least 4 members (excludes halogenated alkanes) is 4. The number of carbonyl (C=O) groups is 2. The Hall–Kier alpha value is -3.50. The first kappa shape index (κ1) is 35.8. The molecule has 3 aromatic rings. The molecular formula is C38H49BrN4O5. The van der Waals surface area contributed by atoms with Crippen LogP contribution in [0.2, 0.25) is 0 Å². The van der Waals surface area contributed by atoms with Gasteiger partial charge >= 0.3 is 11.9 Å². The van der Waals surface area contributed by atoms with Gasteiger partial charge in [-0.2, -0.15) is 0 Å². The van der Waals surface area contributed by atoms with E-state index in [9.17, 15) is 14.4 Å². The van der Waals surface area contributed by atoms with Crippen LogP contribution in [0.15, 0.2) is 70.1 Å². The van der Waals surface area contributed by atoms with Crippen LogP contribution in [0.3, 0.4) is 0 Å². The highest BCUT2D eigenvalue weighted by molar-refractivity contribution is 9.10. The molecule has 1 spiro atoms. The number of hydrogen-bond donors (Lipinski definition) is 1. The number of esters is 2. The Labute approximate surface area is 292 Å². The minimum absolute atomic E-state index is 0.103. The van der Waals surface area contributed by atoms with Crippen molar-refractivity contribution in [2.45, 2.75) is 97.4 Å². The first-order valence-corrected chi connectivity index (χ1v) is 18.4. The van der Waals surface area contributed by atoms with E-state index in [-0.39, 0.29) is 36.3 Å². The summed E-state index contributed by atoms with van der Waals surface area (Å²) in [6.45, 7) is 6.20. The molecule has 5 rings (SSSR count). The third-order valence-electron chi connectivity index (χ3n) is 9.92. The van der Waals surface area contributed by atoms with Crippen molar-refractivity contribution in [1.82, 2.24) is 14.9 Å². The van der Waals surface area contributed by atoms with Gasteiger partial charge in [-0.3, -0.25) is 19.0 Å². The number of ether oxygens (including phenoxy) is 2. The van der Waals surface area contributed by atoms with Crippen molar-refractivity contribution < 1.29 is 19.1 Å². The van der Waals surface area contributed by atoms with Gasteiger partial charge in [-0.25, -0.2) is 4.98 Å². The number of halogens is 1. The van der Waals surface area contributed by atoms with Gasteiger partial charge in [0, 0.05) is 17.5 Å². The lowest BCUT2D eigenvalue weighted by Crippen LogP contribution is -2.50. The van der Waals surface area contributed by atoms with E-state index in [1.807, 2.05) is 72.5 Å². The minimum Gasteiger partial charge on any atom is -0.459 e. The number of piperidine rings is 1. The number of nitrogens with one attached hydrogen (secondary N) is 1. The highest BCUT2D eigenvalue weighted by Crippen LogP contribution is 2.46. The zero-order valence-electron chi connectivity index (χ0n) is 28.3. The second-order valence-electron chi connectivity index (χ2n) is 13.1. The summed E-state index contributed by atoms with van der Waals surface area (Å²) in [7, 11) is 0. The summed E-state index contributed by atoms with van der Waals surface area (Å²) in [5, 5.41) is 3.44. The molecule has 1 N–H and O–H groups in total. The molecule has 2 atom stereocenters. The van der Waals surface area contributed by atoms with Gasteiger partial charge in [-0.05, 0) is 66.7 Å². The smallest absolute Gasteiger partial charge is 0.326 e. The molecule has 3 heterocycles. The van der Waals surface area contributed by atoms with Crippen LogP contribution < -0.4 is 15.8 Å². The van der Waals surface area contributed by atoms with E-state index in [0.717, 1.165) is 62.7 Å². The van der Waals surface area contributed by atoms with Gasteiger partial charge in [0.1, 0.15) is 17.8 Å².